The summed E-state index contributed by atoms with van der Waals surface area (Å²) in [5.74, 6) is 0.438. The number of nitrogens with zero attached hydrogens (tertiary/aromatic N) is 1. The van der Waals surface area contributed by atoms with Crippen molar-refractivity contribution in [3.8, 4) is 0 Å². The van der Waals surface area contributed by atoms with Gasteiger partial charge in [-0.2, -0.15) is 0 Å². The summed E-state index contributed by atoms with van der Waals surface area (Å²) >= 11 is 18.0. The highest BCUT2D eigenvalue weighted by atomic mass is 35.5. The van der Waals surface area contributed by atoms with Gasteiger partial charge >= 0.3 is 0 Å². The van der Waals surface area contributed by atoms with Gasteiger partial charge in [-0.15, -0.1) is 0 Å². The second kappa shape index (κ2) is 6.79. The predicted molar refractivity (Wildman–Crippen MR) is 93.6 cm³/mol. The standard InChI is InChI=1S/C16H12Cl3N3O/c17-9-5-6-10(18)15(19)14(9)16(23)20-8-7-13-21-11-3-1-2-4-12(11)22-13/h1-6H,7-8H2,(H,20,23)(H,21,22). The number of hydrogen-bond donors (Lipinski definition) is 2. The van der Waals surface area contributed by atoms with Crippen molar-refractivity contribution in [3.05, 3.63) is 62.9 Å². The van der Waals surface area contributed by atoms with Crippen LogP contribution in [0.15, 0.2) is 36.4 Å². The monoisotopic (exact) mass is 367 g/mol. The molecule has 0 atom stereocenters. The van der Waals surface area contributed by atoms with E-state index in [2.05, 4.69) is 15.3 Å². The first-order valence-electron chi connectivity index (χ1n) is 6.91. The van der Waals surface area contributed by atoms with Gasteiger partial charge in [0, 0.05) is 13.0 Å². The molecule has 0 saturated heterocycles. The first kappa shape index (κ1) is 16.1. The van der Waals surface area contributed by atoms with Gasteiger partial charge in [-0.25, -0.2) is 4.98 Å². The van der Waals surface area contributed by atoms with E-state index >= 15 is 0 Å². The van der Waals surface area contributed by atoms with Crippen LogP contribution in [0.3, 0.4) is 0 Å². The van der Waals surface area contributed by atoms with Crippen molar-refractivity contribution in [1.82, 2.24) is 15.3 Å². The van der Waals surface area contributed by atoms with E-state index in [9.17, 15) is 4.79 Å². The number of carbonyl (C=O) groups excluding carboxylic acids is 1. The van der Waals surface area contributed by atoms with Crippen LogP contribution in [0.2, 0.25) is 15.1 Å². The smallest absolute Gasteiger partial charge is 0.254 e. The molecule has 3 rings (SSSR count). The van der Waals surface area contributed by atoms with E-state index in [1.54, 1.807) is 12.1 Å². The molecule has 3 aromatic rings. The molecule has 4 nitrogen and oxygen atoms in total. The summed E-state index contributed by atoms with van der Waals surface area (Å²) in [7, 11) is 0. The average Bonchev–Trinajstić information content (AvgIpc) is 2.94. The Morgan fingerprint density at radius 1 is 1.09 bits per heavy atom. The molecule has 23 heavy (non-hydrogen) atoms. The fourth-order valence-electron chi connectivity index (χ4n) is 2.24. The second-order valence-electron chi connectivity index (χ2n) is 4.92. The molecule has 118 valence electrons. The molecule has 1 aromatic heterocycles. The molecule has 1 amide bonds. The Bertz CT molecular complexity index is 843. The van der Waals surface area contributed by atoms with Gasteiger partial charge < -0.3 is 10.3 Å². The van der Waals surface area contributed by atoms with Crippen molar-refractivity contribution in [2.24, 2.45) is 0 Å². The van der Waals surface area contributed by atoms with Crippen molar-refractivity contribution >= 4 is 51.7 Å². The average molecular weight is 369 g/mol. The van der Waals surface area contributed by atoms with Gasteiger partial charge in [0.05, 0.1) is 31.7 Å². The van der Waals surface area contributed by atoms with Crippen molar-refractivity contribution in [3.63, 3.8) is 0 Å². The van der Waals surface area contributed by atoms with Crippen LogP contribution >= 0.6 is 34.8 Å². The summed E-state index contributed by atoms with van der Waals surface area (Å²) in [4.78, 5) is 19.9. The number of aromatic amines is 1. The largest absolute Gasteiger partial charge is 0.351 e. The lowest BCUT2D eigenvalue weighted by Crippen LogP contribution is -2.26. The number of halogens is 3. The maximum absolute atomic E-state index is 12.2. The van der Waals surface area contributed by atoms with Crippen molar-refractivity contribution in [2.75, 3.05) is 6.54 Å². The van der Waals surface area contributed by atoms with Gasteiger partial charge in [0.2, 0.25) is 0 Å². The Morgan fingerprint density at radius 3 is 2.61 bits per heavy atom. The van der Waals surface area contributed by atoms with E-state index in [1.165, 1.54) is 0 Å². The Morgan fingerprint density at radius 2 is 1.83 bits per heavy atom. The number of imidazole rings is 1. The quantitative estimate of drug-likeness (QED) is 0.666. The molecule has 0 aliphatic heterocycles. The summed E-state index contributed by atoms with van der Waals surface area (Å²) in [5.41, 5.74) is 2.05. The fraction of sp³-hybridized carbons (Fsp3) is 0.125. The maximum Gasteiger partial charge on any atom is 0.254 e. The second-order valence-corrected chi connectivity index (χ2v) is 6.12. The van der Waals surface area contributed by atoms with Gasteiger partial charge in [-0.05, 0) is 24.3 Å². The minimum absolute atomic E-state index is 0.153. The number of rotatable bonds is 4. The summed E-state index contributed by atoms with van der Waals surface area (Å²) in [5, 5.41) is 3.48. The van der Waals surface area contributed by atoms with Crippen LogP contribution in [-0.2, 0) is 6.42 Å². The number of hydrogen-bond acceptors (Lipinski definition) is 2. The fourth-order valence-corrected chi connectivity index (χ4v) is 2.94. The van der Waals surface area contributed by atoms with E-state index in [0.29, 0.717) is 18.0 Å². The van der Waals surface area contributed by atoms with Crippen LogP contribution in [0.4, 0.5) is 0 Å². The van der Waals surface area contributed by atoms with E-state index in [4.69, 9.17) is 34.8 Å². The molecular formula is C16H12Cl3N3O. The molecule has 0 bridgehead atoms. The first-order chi connectivity index (χ1) is 11.1. The Balaban J connectivity index is 1.67. The van der Waals surface area contributed by atoms with E-state index in [0.717, 1.165) is 16.9 Å². The lowest BCUT2D eigenvalue weighted by Gasteiger charge is -2.09. The first-order valence-corrected chi connectivity index (χ1v) is 8.05. The number of aromatic nitrogens is 2. The van der Waals surface area contributed by atoms with E-state index in [-0.39, 0.29) is 21.5 Å². The van der Waals surface area contributed by atoms with Gasteiger partial charge in [-0.1, -0.05) is 46.9 Å². The summed E-state index contributed by atoms with van der Waals surface area (Å²) in [6.07, 6.45) is 0.566. The van der Waals surface area contributed by atoms with Crippen molar-refractivity contribution < 1.29 is 4.79 Å². The molecule has 0 spiro atoms. The highest BCUT2D eigenvalue weighted by molar-refractivity contribution is 6.46. The van der Waals surface area contributed by atoms with Gasteiger partial charge in [0.1, 0.15) is 5.82 Å². The van der Waals surface area contributed by atoms with Crippen LogP contribution in [-0.4, -0.2) is 22.4 Å². The number of nitrogens with one attached hydrogen (secondary N) is 2. The molecular weight excluding hydrogens is 357 g/mol. The highest BCUT2D eigenvalue weighted by Crippen LogP contribution is 2.31. The number of para-hydroxylation sites is 2. The molecule has 0 radical (unpaired) electrons. The van der Waals surface area contributed by atoms with Crippen LogP contribution in [0, 0.1) is 0 Å². The molecule has 1 heterocycles. The van der Waals surface area contributed by atoms with Gasteiger partial charge in [0.15, 0.2) is 0 Å². The van der Waals surface area contributed by atoms with Crippen LogP contribution in [0.25, 0.3) is 11.0 Å². The molecule has 0 unspecified atom stereocenters. The maximum atomic E-state index is 12.2. The highest BCUT2D eigenvalue weighted by Gasteiger charge is 2.17. The number of carbonyl (C=O) groups is 1. The van der Waals surface area contributed by atoms with Gasteiger partial charge in [0.25, 0.3) is 5.91 Å². The zero-order chi connectivity index (χ0) is 16.4. The third-order valence-electron chi connectivity index (χ3n) is 3.36. The normalized spacial score (nSPS) is 10.9. The minimum Gasteiger partial charge on any atom is -0.351 e. The number of benzene rings is 2. The Kier molecular flexibility index (Phi) is 4.76. The molecule has 2 aromatic carbocycles. The van der Waals surface area contributed by atoms with E-state index < -0.39 is 0 Å². The molecule has 2 N–H and O–H groups in total. The summed E-state index contributed by atoms with van der Waals surface area (Å²) < 4.78 is 0. The lowest BCUT2D eigenvalue weighted by atomic mass is 10.2. The van der Waals surface area contributed by atoms with Crippen molar-refractivity contribution in [2.45, 2.75) is 6.42 Å². The molecule has 0 aliphatic carbocycles. The lowest BCUT2D eigenvalue weighted by molar-refractivity contribution is 0.0954. The summed E-state index contributed by atoms with van der Waals surface area (Å²) in [6, 6.07) is 10.9. The Labute approximate surface area is 147 Å². The SMILES string of the molecule is O=C(NCCc1nc2ccccc2[nH]1)c1c(Cl)ccc(Cl)c1Cl. The third kappa shape index (κ3) is 3.44. The van der Waals surface area contributed by atoms with Crippen molar-refractivity contribution in [1.29, 1.82) is 0 Å². The topological polar surface area (TPSA) is 57.8 Å². The third-order valence-corrected chi connectivity index (χ3v) is 4.48. The number of amides is 1. The molecule has 0 fully saturated rings. The minimum atomic E-state index is -0.362. The van der Waals surface area contributed by atoms with Gasteiger partial charge in [-0.3, -0.25) is 4.79 Å². The molecule has 7 heteroatoms. The summed E-state index contributed by atoms with van der Waals surface area (Å²) in [6.45, 7) is 0.401. The number of H-pyrrole nitrogens is 1. The number of fused-ring (bicyclic) bond motifs is 1. The van der Waals surface area contributed by atoms with Crippen LogP contribution in [0.1, 0.15) is 16.2 Å². The molecule has 0 saturated carbocycles. The predicted octanol–water partition coefficient (Wildman–Crippen LogP) is 4.50. The zero-order valence-corrected chi connectivity index (χ0v) is 14.1. The van der Waals surface area contributed by atoms with Crippen LogP contribution in [0.5, 0.6) is 0 Å². The van der Waals surface area contributed by atoms with Crippen LogP contribution < -0.4 is 5.32 Å². The zero-order valence-electron chi connectivity index (χ0n) is 11.9. The Hall–Kier alpha value is -1.75. The van der Waals surface area contributed by atoms with E-state index in [1.807, 2.05) is 24.3 Å². The molecule has 0 aliphatic rings.